The SMILES string of the molecule is CN=C(NCC1CN2CCN1CC2)NC1CCc2nc(COC)nn2C1. The van der Waals surface area contributed by atoms with Crippen molar-refractivity contribution in [1.82, 2.24) is 35.2 Å². The van der Waals surface area contributed by atoms with Gasteiger partial charge in [0.1, 0.15) is 12.4 Å². The van der Waals surface area contributed by atoms with Crippen LogP contribution in [0.3, 0.4) is 0 Å². The Labute approximate surface area is 154 Å². The molecule has 2 unspecified atom stereocenters. The zero-order valence-corrected chi connectivity index (χ0v) is 15.8. The van der Waals surface area contributed by atoms with Crippen molar-refractivity contribution in [3.05, 3.63) is 11.6 Å². The highest BCUT2D eigenvalue weighted by Crippen LogP contribution is 2.15. The van der Waals surface area contributed by atoms with Gasteiger partial charge in [-0.25, -0.2) is 9.67 Å². The standard InChI is InChI=1S/C17H30N8O/c1-18-17(19-9-14-11-23-5-7-24(14)8-6-23)20-13-3-4-16-21-15(12-26-2)22-25(16)10-13/h13-14H,3-12H2,1-2H3,(H2,18,19,20). The number of aromatic nitrogens is 3. The van der Waals surface area contributed by atoms with Gasteiger partial charge in [0, 0.05) is 71.9 Å². The summed E-state index contributed by atoms with van der Waals surface area (Å²) in [6.45, 7) is 8.22. The number of fused-ring (bicyclic) bond motifs is 4. The summed E-state index contributed by atoms with van der Waals surface area (Å²) in [5, 5.41) is 11.6. The van der Waals surface area contributed by atoms with Crippen molar-refractivity contribution in [2.75, 3.05) is 53.4 Å². The molecule has 0 spiro atoms. The highest BCUT2D eigenvalue weighted by molar-refractivity contribution is 5.80. The molecule has 0 amide bonds. The second-order valence-corrected chi connectivity index (χ2v) is 7.38. The third kappa shape index (κ3) is 3.84. The summed E-state index contributed by atoms with van der Waals surface area (Å²) >= 11 is 0. The van der Waals surface area contributed by atoms with Crippen LogP contribution < -0.4 is 10.6 Å². The molecule has 2 N–H and O–H groups in total. The molecule has 0 aromatic carbocycles. The summed E-state index contributed by atoms with van der Waals surface area (Å²) in [4.78, 5) is 14.1. The van der Waals surface area contributed by atoms with E-state index in [0.717, 1.165) is 50.1 Å². The van der Waals surface area contributed by atoms with E-state index in [1.807, 2.05) is 11.7 Å². The van der Waals surface area contributed by atoms with Crippen LogP contribution in [0, 0.1) is 0 Å². The minimum atomic E-state index is 0.317. The van der Waals surface area contributed by atoms with Gasteiger partial charge in [-0.2, -0.15) is 5.10 Å². The lowest BCUT2D eigenvalue weighted by Crippen LogP contribution is -2.64. The van der Waals surface area contributed by atoms with E-state index in [2.05, 4.69) is 35.5 Å². The molecule has 1 aromatic rings. The molecule has 1 aromatic heterocycles. The molecule has 2 bridgehead atoms. The van der Waals surface area contributed by atoms with Gasteiger partial charge in [0.15, 0.2) is 11.8 Å². The third-order valence-corrected chi connectivity index (χ3v) is 5.64. The Morgan fingerprint density at radius 2 is 2.12 bits per heavy atom. The fourth-order valence-corrected chi connectivity index (χ4v) is 4.19. The average Bonchev–Trinajstić information content (AvgIpc) is 3.08. The number of hydrogen-bond acceptors (Lipinski definition) is 6. The maximum absolute atomic E-state index is 5.13. The molecule has 144 valence electrons. The van der Waals surface area contributed by atoms with Gasteiger partial charge in [-0.15, -0.1) is 0 Å². The van der Waals surface area contributed by atoms with Crippen LogP contribution in [-0.4, -0.2) is 96.0 Å². The van der Waals surface area contributed by atoms with Crippen LogP contribution in [0.5, 0.6) is 0 Å². The van der Waals surface area contributed by atoms with E-state index >= 15 is 0 Å². The van der Waals surface area contributed by atoms with Crippen LogP contribution in [0.25, 0.3) is 0 Å². The molecule has 4 aliphatic rings. The summed E-state index contributed by atoms with van der Waals surface area (Å²) in [7, 11) is 3.51. The van der Waals surface area contributed by atoms with Crippen LogP contribution in [0.15, 0.2) is 4.99 Å². The number of guanidine groups is 1. The van der Waals surface area contributed by atoms with E-state index < -0.39 is 0 Å². The Morgan fingerprint density at radius 3 is 2.81 bits per heavy atom. The molecular formula is C17H30N8O. The predicted molar refractivity (Wildman–Crippen MR) is 99.1 cm³/mol. The minimum Gasteiger partial charge on any atom is -0.377 e. The van der Waals surface area contributed by atoms with E-state index in [1.54, 1.807) is 7.11 Å². The number of aryl methyl sites for hydroxylation is 1. The first-order valence-electron chi connectivity index (χ1n) is 9.60. The summed E-state index contributed by atoms with van der Waals surface area (Å²) in [5.74, 6) is 2.70. The zero-order chi connectivity index (χ0) is 17.9. The van der Waals surface area contributed by atoms with E-state index in [0.29, 0.717) is 18.7 Å². The number of hydrogen-bond donors (Lipinski definition) is 2. The number of piperazine rings is 3. The average molecular weight is 362 g/mol. The highest BCUT2D eigenvalue weighted by Gasteiger charge is 2.31. The van der Waals surface area contributed by atoms with Crippen molar-refractivity contribution in [2.24, 2.45) is 4.99 Å². The van der Waals surface area contributed by atoms with Gasteiger partial charge in [0.2, 0.25) is 0 Å². The molecule has 3 saturated heterocycles. The monoisotopic (exact) mass is 362 g/mol. The lowest BCUT2D eigenvalue weighted by Gasteiger charge is -2.47. The van der Waals surface area contributed by atoms with E-state index in [9.17, 15) is 0 Å². The van der Waals surface area contributed by atoms with Crippen molar-refractivity contribution in [3.63, 3.8) is 0 Å². The lowest BCUT2D eigenvalue weighted by molar-refractivity contribution is 0.0154. The largest absolute Gasteiger partial charge is 0.377 e. The Morgan fingerprint density at radius 1 is 1.27 bits per heavy atom. The van der Waals surface area contributed by atoms with Crippen LogP contribution >= 0.6 is 0 Å². The zero-order valence-electron chi connectivity index (χ0n) is 15.8. The van der Waals surface area contributed by atoms with E-state index in [4.69, 9.17) is 4.74 Å². The second-order valence-electron chi connectivity index (χ2n) is 7.38. The summed E-state index contributed by atoms with van der Waals surface area (Å²) in [6, 6.07) is 0.901. The summed E-state index contributed by atoms with van der Waals surface area (Å²) < 4.78 is 7.14. The molecule has 0 radical (unpaired) electrons. The van der Waals surface area contributed by atoms with Gasteiger partial charge >= 0.3 is 0 Å². The number of rotatable bonds is 5. The first kappa shape index (κ1) is 17.7. The van der Waals surface area contributed by atoms with E-state index in [-0.39, 0.29) is 0 Å². The second kappa shape index (κ2) is 7.89. The number of ether oxygens (including phenoxy) is 1. The van der Waals surface area contributed by atoms with Crippen molar-refractivity contribution < 1.29 is 4.74 Å². The third-order valence-electron chi connectivity index (χ3n) is 5.64. The normalized spacial score (nSPS) is 30.9. The molecule has 4 aliphatic heterocycles. The fourth-order valence-electron chi connectivity index (χ4n) is 4.19. The quantitative estimate of drug-likeness (QED) is 0.508. The van der Waals surface area contributed by atoms with Gasteiger partial charge in [-0.3, -0.25) is 14.8 Å². The van der Waals surface area contributed by atoms with Crippen LogP contribution in [0.4, 0.5) is 0 Å². The molecule has 9 heteroatoms. The van der Waals surface area contributed by atoms with Crippen molar-refractivity contribution >= 4 is 5.96 Å². The molecule has 0 saturated carbocycles. The Hall–Kier alpha value is -1.71. The van der Waals surface area contributed by atoms with E-state index in [1.165, 1.54) is 26.2 Å². The topological polar surface area (TPSA) is 82.8 Å². The Balaban J connectivity index is 1.28. The van der Waals surface area contributed by atoms with Gasteiger partial charge in [0.05, 0.1) is 6.54 Å². The van der Waals surface area contributed by atoms with Crippen LogP contribution in [0.1, 0.15) is 18.1 Å². The molecule has 3 fully saturated rings. The molecular weight excluding hydrogens is 332 g/mol. The van der Waals surface area contributed by atoms with Crippen LogP contribution in [-0.2, 0) is 24.3 Å². The molecule has 2 atom stereocenters. The van der Waals surface area contributed by atoms with Gasteiger partial charge in [-0.1, -0.05) is 0 Å². The molecule has 0 aliphatic carbocycles. The van der Waals surface area contributed by atoms with Crippen molar-refractivity contribution in [2.45, 2.75) is 38.1 Å². The first-order chi connectivity index (χ1) is 12.7. The van der Waals surface area contributed by atoms with Crippen molar-refractivity contribution in [1.29, 1.82) is 0 Å². The lowest BCUT2D eigenvalue weighted by atomic mass is 10.1. The van der Waals surface area contributed by atoms with Gasteiger partial charge in [-0.05, 0) is 6.42 Å². The summed E-state index contributed by atoms with van der Waals surface area (Å²) in [6.07, 6.45) is 1.96. The highest BCUT2D eigenvalue weighted by atomic mass is 16.5. The molecule has 9 nitrogen and oxygen atoms in total. The van der Waals surface area contributed by atoms with Crippen LogP contribution in [0.2, 0.25) is 0 Å². The maximum Gasteiger partial charge on any atom is 0.191 e. The molecule has 26 heavy (non-hydrogen) atoms. The Kier molecular flexibility index (Phi) is 5.37. The molecule has 5 heterocycles. The first-order valence-corrected chi connectivity index (χ1v) is 9.60. The fraction of sp³-hybridized carbons (Fsp3) is 0.824. The molecule has 5 rings (SSSR count). The number of nitrogens with one attached hydrogen (secondary N) is 2. The number of aliphatic imine (C=N–C) groups is 1. The minimum absolute atomic E-state index is 0.317. The smallest absolute Gasteiger partial charge is 0.191 e. The number of methoxy groups -OCH3 is 1. The number of nitrogens with zero attached hydrogens (tertiary/aromatic N) is 6. The predicted octanol–water partition coefficient (Wildman–Crippen LogP) is -1.10. The van der Waals surface area contributed by atoms with Gasteiger partial charge in [0.25, 0.3) is 0 Å². The van der Waals surface area contributed by atoms with Gasteiger partial charge < -0.3 is 15.4 Å². The maximum atomic E-state index is 5.13. The Bertz CT molecular complexity index is 637. The van der Waals surface area contributed by atoms with Crippen molar-refractivity contribution in [3.8, 4) is 0 Å². The summed E-state index contributed by atoms with van der Waals surface area (Å²) in [5.41, 5.74) is 0.